The first kappa shape index (κ1) is 21.3. The third-order valence-electron chi connectivity index (χ3n) is 4.59. The molecule has 1 aromatic heterocycles. The average Bonchev–Trinajstić information content (AvgIpc) is 3.14. The van der Waals surface area contributed by atoms with E-state index in [1.807, 2.05) is 51.1 Å². The Kier molecular flexibility index (Phi) is 6.32. The number of anilines is 1. The van der Waals surface area contributed by atoms with Crippen LogP contribution in [-0.4, -0.2) is 34.4 Å². The van der Waals surface area contributed by atoms with E-state index >= 15 is 0 Å². The van der Waals surface area contributed by atoms with E-state index in [1.54, 1.807) is 24.3 Å². The first-order valence-electron chi connectivity index (χ1n) is 9.37. The van der Waals surface area contributed by atoms with Gasteiger partial charge in [-0.1, -0.05) is 47.1 Å². The number of amides is 1. The monoisotopic (exact) mass is 422 g/mol. The molecular weight excluding hydrogens is 400 g/mol. The highest BCUT2D eigenvalue weighted by molar-refractivity contribution is 7.18. The van der Waals surface area contributed by atoms with Gasteiger partial charge in [0.25, 0.3) is 5.91 Å². The Labute approximate surface area is 178 Å². The van der Waals surface area contributed by atoms with Crippen LogP contribution in [0, 0.1) is 6.92 Å². The Bertz CT molecular complexity index is 1100. The molecule has 2 N–H and O–H groups in total. The molecule has 1 heterocycles. The molecule has 1 amide bonds. The SMILES string of the molecule is Cc1ccc(C(=O)N(c2cc(-c3ccccc3)sc2C(=O)O)C(C)C)c(/C=N\O)c1. The fourth-order valence-electron chi connectivity index (χ4n) is 3.26. The highest BCUT2D eigenvalue weighted by Crippen LogP contribution is 2.38. The highest BCUT2D eigenvalue weighted by Gasteiger charge is 2.29. The summed E-state index contributed by atoms with van der Waals surface area (Å²) in [4.78, 5) is 27.8. The summed E-state index contributed by atoms with van der Waals surface area (Å²) in [7, 11) is 0. The third-order valence-corrected chi connectivity index (χ3v) is 5.76. The smallest absolute Gasteiger partial charge is 0.348 e. The lowest BCUT2D eigenvalue weighted by atomic mass is 10.0. The van der Waals surface area contributed by atoms with E-state index in [4.69, 9.17) is 5.21 Å². The van der Waals surface area contributed by atoms with Crippen LogP contribution in [-0.2, 0) is 0 Å². The van der Waals surface area contributed by atoms with Crippen molar-refractivity contribution in [1.82, 2.24) is 0 Å². The van der Waals surface area contributed by atoms with Gasteiger partial charge in [-0.2, -0.15) is 0 Å². The highest BCUT2D eigenvalue weighted by atomic mass is 32.1. The molecule has 0 saturated heterocycles. The number of rotatable bonds is 6. The van der Waals surface area contributed by atoms with Crippen LogP contribution in [0.5, 0.6) is 0 Å². The van der Waals surface area contributed by atoms with Crippen LogP contribution in [0.4, 0.5) is 5.69 Å². The van der Waals surface area contributed by atoms with Crippen molar-refractivity contribution in [3.63, 3.8) is 0 Å². The predicted octanol–water partition coefficient (Wildman–Crippen LogP) is 5.29. The lowest BCUT2D eigenvalue weighted by Crippen LogP contribution is -2.38. The summed E-state index contributed by atoms with van der Waals surface area (Å²) in [5, 5.41) is 21.9. The normalized spacial score (nSPS) is 11.2. The van der Waals surface area contributed by atoms with Crippen LogP contribution >= 0.6 is 11.3 Å². The number of oxime groups is 1. The first-order valence-corrected chi connectivity index (χ1v) is 10.2. The number of carboxylic acid groups (broad SMARTS) is 1. The van der Waals surface area contributed by atoms with Crippen LogP contribution in [0.2, 0.25) is 0 Å². The Balaban J connectivity index is 2.15. The molecular formula is C23H22N2O4S. The van der Waals surface area contributed by atoms with Crippen molar-refractivity contribution in [2.45, 2.75) is 26.8 Å². The number of hydrogen-bond acceptors (Lipinski definition) is 5. The standard InChI is InChI=1S/C23H22N2O4S/c1-14(2)25(22(26)18-10-9-15(3)11-17(18)13-24-29)19-12-20(30-21(19)23(27)28)16-7-5-4-6-8-16/h4-14,29H,1-3H3,(H,27,28)/b24-13-. The zero-order valence-corrected chi connectivity index (χ0v) is 17.7. The van der Waals surface area contributed by atoms with Gasteiger partial charge in [-0.25, -0.2) is 4.79 Å². The van der Waals surface area contributed by atoms with Gasteiger partial charge in [0.05, 0.1) is 11.9 Å². The van der Waals surface area contributed by atoms with Crippen molar-refractivity contribution in [2.75, 3.05) is 4.90 Å². The van der Waals surface area contributed by atoms with Gasteiger partial charge >= 0.3 is 5.97 Å². The molecule has 0 bridgehead atoms. The van der Waals surface area contributed by atoms with Crippen LogP contribution in [0.25, 0.3) is 10.4 Å². The molecule has 0 aliphatic carbocycles. The number of carbonyl (C=O) groups is 2. The lowest BCUT2D eigenvalue weighted by Gasteiger charge is -2.27. The summed E-state index contributed by atoms with van der Waals surface area (Å²) >= 11 is 1.14. The molecule has 0 aliphatic rings. The average molecular weight is 423 g/mol. The Morgan fingerprint density at radius 3 is 2.40 bits per heavy atom. The molecule has 0 spiro atoms. The van der Waals surface area contributed by atoms with Crippen molar-refractivity contribution in [3.8, 4) is 10.4 Å². The van der Waals surface area contributed by atoms with Gasteiger partial charge in [0.2, 0.25) is 0 Å². The lowest BCUT2D eigenvalue weighted by molar-refractivity contribution is 0.0703. The topological polar surface area (TPSA) is 90.2 Å². The van der Waals surface area contributed by atoms with E-state index in [1.165, 1.54) is 11.1 Å². The second-order valence-electron chi connectivity index (χ2n) is 7.10. The molecule has 0 radical (unpaired) electrons. The molecule has 0 atom stereocenters. The van der Waals surface area contributed by atoms with Gasteiger partial charge in [-0.15, -0.1) is 11.3 Å². The zero-order valence-electron chi connectivity index (χ0n) is 16.9. The second kappa shape index (κ2) is 8.92. The van der Waals surface area contributed by atoms with Gasteiger partial charge in [-0.05, 0) is 44.5 Å². The van der Waals surface area contributed by atoms with Gasteiger partial charge in [-0.3, -0.25) is 4.79 Å². The summed E-state index contributed by atoms with van der Waals surface area (Å²) in [5.74, 6) is -1.45. The molecule has 3 rings (SSSR count). The molecule has 3 aromatic rings. The molecule has 0 unspecified atom stereocenters. The number of nitrogens with zero attached hydrogens (tertiary/aromatic N) is 2. The van der Waals surface area contributed by atoms with Crippen LogP contribution in [0.1, 0.15) is 45.0 Å². The summed E-state index contributed by atoms with van der Waals surface area (Å²) in [6.45, 7) is 5.53. The largest absolute Gasteiger partial charge is 0.477 e. The fourth-order valence-corrected chi connectivity index (χ4v) is 4.25. The van der Waals surface area contributed by atoms with E-state index in [0.29, 0.717) is 16.8 Å². The van der Waals surface area contributed by atoms with Crippen molar-refractivity contribution >= 4 is 35.1 Å². The maximum Gasteiger partial charge on any atom is 0.348 e. The van der Waals surface area contributed by atoms with Crippen LogP contribution in [0.3, 0.4) is 0 Å². The molecule has 30 heavy (non-hydrogen) atoms. The Hall–Kier alpha value is -3.45. The number of aromatic carboxylic acids is 1. The van der Waals surface area contributed by atoms with Gasteiger partial charge in [0.1, 0.15) is 4.88 Å². The second-order valence-corrected chi connectivity index (χ2v) is 8.15. The summed E-state index contributed by atoms with van der Waals surface area (Å²) in [5.41, 5.74) is 2.93. The zero-order chi connectivity index (χ0) is 21.8. The van der Waals surface area contributed by atoms with Crippen LogP contribution in [0.15, 0.2) is 59.8 Å². The van der Waals surface area contributed by atoms with Gasteiger partial charge in [0, 0.05) is 22.0 Å². The Morgan fingerprint density at radius 1 is 1.10 bits per heavy atom. The summed E-state index contributed by atoms with van der Waals surface area (Å²) in [6.07, 6.45) is 1.21. The molecule has 154 valence electrons. The van der Waals surface area contributed by atoms with E-state index in [-0.39, 0.29) is 16.8 Å². The minimum Gasteiger partial charge on any atom is -0.477 e. The van der Waals surface area contributed by atoms with Gasteiger partial charge < -0.3 is 15.2 Å². The minimum atomic E-state index is -1.09. The van der Waals surface area contributed by atoms with Crippen molar-refractivity contribution in [1.29, 1.82) is 0 Å². The predicted molar refractivity (Wildman–Crippen MR) is 119 cm³/mol. The minimum absolute atomic E-state index is 0.0976. The number of aryl methyl sites for hydroxylation is 1. The number of carbonyl (C=O) groups excluding carboxylic acids is 1. The number of thiophene rings is 1. The fraction of sp³-hybridized carbons (Fsp3) is 0.174. The molecule has 0 saturated carbocycles. The van der Waals surface area contributed by atoms with E-state index in [9.17, 15) is 14.7 Å². The quantitative estimate of drug-likeness (QED) is 0.321. The Morgan fingerprint density at radius 2 is 1.80 bits per heavy atom. The van der Waals surface area contributed by atoms with E-state index in [2.05, 4.69) is 5.16 Å². The maximum absolute atomic E-state index is 13.5. The van der Waals surface area contributed by atoms with Crippen molar-refractivity contribution < 1.29 is 19.9 Å². The van der Waals surface area contributed by atoms with E-state index < -0.39 is 5.97 Å². The molecule has 0 fully saturated rings. The van der Waals surface area contributed by atoms with Crippen molar-refractivity contribution in [3.05, 3.63) is 76.2 Å². The van der Waals surface area contributed by atoms with Crippen LogP contribution < -0.4 is 4.90 Å². The van der Waals surface area contributed by atoms with Crippen molar-refractivity contribution in [2.24, 2.45) is 5.16 Å². The third kappa shape index (κ3) is 4.26. The number of benzene rings is 2. The molecule has 6 nitrogen and oxygen atoms in total. The maximum atomic E-state index is 13.5. The molecule has 0 aliphatic heterocycles. The number of hydrogen-bond donors (Lipinski definition) is 2. The molecule has 7 heteroatoms. The molecule has 2 aromatic carbocycles. The van der Waals surface area contributed by atoms with E-state index in [0.717, 1.165) is 27.3 Å². The summed E-state index contributed by atoms with van der Waals surface area (Å²) < 4.78 is 0. The number of carboxylic acids is 1. The van der Waals surface area contributed by atoms with Gasteiger partial charge in [0.15, 0.2) is 0 Å². The summed E-state index contributed by atoms with van der Waals surface area (Å²) in [6, 6.07) is 16.1. The first-order chi connectivity index (χ1) is 14.3.